The van der Waals surface area contributed by atoms with Gasteiger partial charge >= 0.3 is 0 Å². The van der Waals surface area contributed by atoms with Gasteiger partial charge in [-0.15, -0.1) is 0 Å². The summed E-state index contributed by atoms with van der Waals surface area (Å²) >= 11 is 6.04. The number of hydrogen-bond acceptors (Lipinski definition) is 4. The van der Waals surface area contributed by atoms with Crippen LogP contribution in [0.1, 0.15) is 23.1 Å². The average Bonchev–Trinajstić information content (AvgIpc) is 3.45. The highest BCUT2D eigenvalue weighted by molar-refractivity contribution is 6.30. The summed E-state index contributed by atoms with van der Waals surface area (Å²) in [5.74, 6) is -0.568. The van der Waals surface area contributed by atoms with Crippen molar-refractivity contribution in [2.24, 2.45) is 34.7 Å². The molecular weight excluding hydrogens is 400 g/mol. The fraction of sp³-hybridized carbons (Fsp3) is 0.375. The molecule has 6 rings (SSSR count). The SMILES string of the molecule is Cc1cccc(C)c1N1C(=O)C2C3CC(C4C(c5ccc(Cl)cc5)=NOC34)C2C1=O. The van der Waals surface area contributed by atoms with E-state index in [0.717, 1.165) is 34.5 Å². The Morgan fingerprint density at radius 3 is 2.23 bits per heavy atom. The van der Waals surface area contributed by atoms with Gasteiger partial charge in [0.2, 0.25) is 11.8 Å². The number of anilines is 1. The summed E-state index contributed by atoms with van der Waals surface area (Å²) in [5.41, 5.74) is 4.50. The van der Waals surface area contributed by atoms with Crippen LogP contribution >= 0.6 is 11.6 Å². The molecule has 0 radical (unpaired) electrons. The molecule has 6 atom stereocenters. The van der Waals surface area contributed by atoms with Crippen LogP contribution in [0.25, 0.3) is 0 Å². The van der Waals surface area contributed by atoms with Crippen molar-refractivity contribution in [2.75, 3.05) is 4.90 Å². The number of carbonyl (C=O) groups is 2. The maximum absolute atomic E-state index is 13.6. The van der Waals surface area contributed by atoms with E-state index in [0.29, 0.717) is 5.02 Å². The number of halogens is 1. The van der Waals surface area contributed by atoms with Gasteiger partial charge in [-0.1, -0.05) is 47.1 Å². The Bertz CT molecular complexity index is 1110. The Morgan fingerprint density at radius 1 is 0.933 bits per heavy atom. The molecule has 3 fully saturated rings. The Kier molecular flexibility index (Phi) is 3.73. The summed E-state index contributed by atoms with van der Waals surface area (Å²) < 4.78 is 0. The summed E-state index contributed by atoms with van der Waals surface area (Å²) in [5, 5.41) is 5.05. The number of carbonyl (C=O) groups excluding carboxylic acids is 2. The molecule has 2 amide bonds. The molecular formula is C24H21ClN2O3. The number of aryl methyl sites for hydroxylation is 2. The molecule has 2 aromatic carbocycles. The minimum Gasteiger partial charge on any atom is -0.391 e. The van der Waals surface area contributed by atoms with Crippen molar-refractivity contribution in [3.8, 4) is 0 Å². The zero-order valence-corrected chi connectivity index (χ0v) is 17.5. The number of para-hydroxylation sites is 1. The molecule has 2 aliphatic carbocycles. The minimum absolute atomic E-state index is 0.0318. The van der Waals surface area contributed by atoms with Crippen LogP contribution in [0.5, 0.6) is 0 Å². The van der Waals surface area contributed by atoms with Crippen LogP contribution in [-0.4, -0.2) is 23.6 Å². The molecule has 152 valence electrons. The first-order valence-corrected chi connectivity index (χ1v) is 10.8. The van der Waals surface area contributed by atoms with Crippen molar-refractivity contribution >= 4 is 34.8 Å². The molecule has 6 heteroatoms. The standard InChI is InChI=1S/C24H21ClN2O3/c1-11-4-3-5-12(2)21(11)27-23(28)17-15-10-16(18(17)24(27)29)22-19(15)20(26-30-22)13-6-8-14(25)9-7-13/h3-9,15-19,22H,10H2,1-2H3. The van der Waals surface area contributed by atoms with Crippen molar-refractivity contribution in [1.82, 2.24) is 0 Å². The molecule has 6 unspecified atom stereocenters. The number of fused-ring (bicyclic) bond motifs is 8. The normalized spacial score (nSPS) is 33.6. The summed E-state index contributed by atoms with van der Waals surface area (Å²) in [6.45, 7) is 3.91. The molecule has 0 aromatic heterocycles. The smallest absolute Gasteiger partial charge is 0.238 e. The second-order valence-electron chi connectivity index (χ2n) is 8.95. The van der Waals surface area contributed by atoms with Crippen LogP contribution in [0.15, 0.2) is 47.6 Å². The van der Waals surface area contributed by atoms with E-state index in [1.807, 2.05) is 56.3 Å². The lowest BCUT2D eigenvalue weighted by Gasteiger charge is -2.29. The van der Waals surface area contributed by atoms with Gasteiger partial charge < -0.3 is 4.84 Å². The van der Waals surface area contributed by atoms with Crippen LogP contribution in [-0.2, 0) is 14.4 Å². The predicted octanol–water partition coefficient (Wildman–Crippen LogP) is 4.13. The molecule has 2 bridgehead atoms. The Morgan fingerprint density at radius 2 is 1.57 bits per heavy atom. The third kappa shape index (κ3) is 2.21. The quantitative estimate of drug-likeness (QED) is 0.686. The molecule has 2 aromatic rings. The van der Waals surface area contributed by atoms with Gasteiger partial charge in [-0.05, 0) is 55.0 Å². The van der Waals surface area contributed by atoms with Crippen molar-refractivity contribution in [2.45, 2.75) is 26.4 Å². The second-order valence-corrected chi connectivity index (χ2v) is 9.38. The summed E-state index contributed by atoms with van der Waals surface area (Å²) in [7, 11) is 0. The Labute approximate surface area is 179 Å². The molecule has 5 nitrogen and oxygen atoms in total. The summed E-state index contributed by atoms with van der Waals surface area (Å²) in [4.78, 5) is 34.4. The molecule has 2 aliphatic heterocycles. The maximum Gasteiger partial charge on any atom is 0.238 e. The Hall–Kier alpha value is -2.66. The van der Waals surface area contributed by atoms with E-state index >= 15 is 0 Å². The largest absolute Gasteiger partial charge is 0.391 e. The van der Waals surface area contributed by atoms with Gasteiger partial charge in [0.05, 0.1) is 23.2 Å². The van der Waals surface area contributed by atoms with E-state index in [9.17, 15) is 9.59 Å². The first-order valence-electron chi connectivity index (χ1n) is 10.4. The third-order valence-corrected chi connectivity index (χ3v) is 7.75. The average molecular weight is 421 g/mol. The van der Waals surface area contributed by atoms with Gasteiger partial charge in [-0.2, -0.15) is 0 Å². The molecule has 4 aliphatic rings. The third-order valence-electron chi connectivity index (χ3n) is 7.49. The summed E-state index contributed by atoms with van der Waals surface area (Å²) in [6, 6.07) is 13.4. The van der Waals surface area contributed by atoms with Crippen LogP contribution in [0.4, 0.5) is 5.69 Å². The zero-order chi connectivity index (χ0) is 20.7. The lowest BCUT2D eigenvalue weighted by Crippen LogP contribution is -2.41. The van der Waals surface area contributed by atoms with Crippen LogP contribution in [0, 0.1) is 43.4 Å². The molecule has 0 N–H and O–H groups in total. The number of nitrogens with zero attached hydrogens (tertiary/aromatic N) is 2. The monoisotopic (exact) mass is 420 g/mol. The van der Waals surface area contributed by atoms with Gasteiger partial charge in [0.25, 0.3) is 0 Å². The second kappa shape index (κ2) is 6.17. The first kappa shape index (κ1) is 18.1. The van der Waals surface area contributed by atoms with Crippen molar-refractivity contribution in [1.29, 1.82) is 0 Å². The molecule has 0 spiro atoms. The maximum atomic E-state index is 13.6. The number of amides is 2. The number of hydrogen-bond donors (Lipinski definition) is 0. The predicted molar refractivity (Wildman–Crippen MR) is 113 cm³/mol. The van der Waals surface area contributed by atoms with Gasteiger partial charge in [-0.3, -0.25) is 9.59 Å². The van der Waals surface area contributed by atoms with E-state index in [1.54, 1.807) is 0 Å². The van der Waals surface area contributed by atoms with Crippen molar-refractivity contribution in [3.05, 3.63) is 64.2 Å². The number of benzene rings is 2. The van der Waals surface area contributed by atoms with Gasteiger partial charge in [-0.25, -0.2) is 4.90 Å². The van der Waals surface area contributed by atoms with Crippen LogP contribution in [0.3, 0.4) is 0 Å². The van der Waals surface area contributed by atoms with Crippen LogP contribution in [0.2, 0.25) is 5.02 Å². The van der Waals surface area contributed by atoms with Gasteiger partial charge in [0.1, 0.15) is 6.10 Å². The van der Waals surface area contributed by atoms with Crippen molar-refractivity contribution in [3.63, 3.8) is 0 Å². The van der Waals surface area contributed by atoms with E-state index < -0.39 is 0 Å². The highest BCUT2D eigenvalue weighted by Gasteiger charge is 2.70. The molecule has 1 saturated heterocycles. The zero-order valence-electron chi connectivity index (χ0n) is 16.7. The highest BCUT2D eigenvalue weighted by Crippen LogP contribution is 2.62. The highest BCUT2D eigenvalue weighted by atomic mass is 35.5. The molecule has 2 saturated carbocycles. The summed E-state index contributed by atoms with van der Waals surface area (Å²) in [6.07, 6.45) is 0.714. The molecule has 30 heavy (non-hydrogen) atoms. The van der Waals surface area contributed by atoms with E-state index in [2.05, 4.69) is 5.16 Å². The van der Waals surface area contributed by atoms with E-state index in [4.69, 9.17) is 16.4 Å². The van der Waals surface area contributed by atoms with E-state index in [1.165, 1.54) is 4.90 Å². The lowest BCUT2D eigenvalue weighted by molar-refractivity contribution is -0.125. The number of imide groups is 1. The fourth-order valence-corrected chi connectivity index (χ4v) is 6.49. The first-order chi connectivity index (χ1) is 14.5. The Balaban J connectivity index is 1.38. The van der Waals surface area contributed by atoms with E-state index in [-0.39, 0.29) is 47.5 Å². The number of rotatable bonds is 2. The minimum atomic E-state index is -0.303. The van der Waals surface area contributed by atoms with Gasteiger partial charge in [0, 0.05) is 16.9 Å². The fourth-order valence-electron chi connectivity index (χ4n) is 6.36. The topological polar surface area (TPSA) is 59.0 Å². The van der Waals surface area contributed by atoms with Gasteiger partial charge in [0.15, 0.2) is 0 Å². The van der Waals surface area contributed by atoms with Crippen molar-refractivity contribution < 1.29 is 14.4 Å². The molecule has 2 heterocycles. The van der Waals surface area contributed by atoms with Crippen LogP contribution < -0.4 is 4.90 Å². The lowest BCUT2D eigenvalue weighted by atomic mass is 9.71. The number of oxime groups is 1.